The Labute approximate surface area is 216 Å². The van der Waals surface area contributed by atoms with Crippen LogP contribution in [0.4, 0.5) is 24.7 Å². The average molecular weight is 534 g/mol. The van der Waals surface area contributed by atoms with Gasteiger partial charge >= 0.3 is 12.1 Å². The van der Waals surface area contributed by atoms with Gasteiger partial charge < -0.3 is 30.1 Å². The van der Waals surface area contributed by atoms with E-state index >= 15 is 0 Å². The third-order valence-electron chi connectivity index (χ3n) is 5.13. The summed E-state index contributed by atoms with van der Waals surface area (Å²) in [6.45, 7) is 0.903. The Kier molecular flexibility index (Phi) is 9.07. The Bertz CT molecular complexity index is 1280. The predicted octanol–water partition coefficient (Wildman–Crippen LogP) is 3.75. The van der Waals surface area contributed by atoms with Crippen LogP contribution in [0.5, 0.6) is 17.2 Å². The zero-order chi connectivity index (χ0) is 27.9. The Balaban J connectivity index is 2.02. The zero-order valence-corrected chi connectivity index (χ0v) is 20.8. The molecule has 0 aliphatic carbocycles. The first-order chi connectivity index (χ1) is 18.0. The molecule has 0 saturated heterocycles. The van der Waals surface area contributed by atoms with Gasteiger partial charge in [-0.3, -0.25) is 9.78 Å². The topological polar surface area (TPSA) is 126 Å². The fourth-order valence-electron chi connectivity index (χ4n) is 3.31. The molecule has 0 atom stereocenters. The highest BCUT2D eigenvalue weighted by Gasteiger charge is 2.42. The number of benzene rings is 2. The number of phenolic OH excluding ortho intramolecular Hbond substituents is 1. The molecule has 0 fully saturated rings. The number of ether oxygens (including phenoxy) is 2. The molecule has 202 valence electrons. The van der Waals surface area contributed by atoms with E-state index in [1.165, 1.54) is 43.8 Å². The first-order valence-corrected chi connectivity index (χ1v) is 11.3. The number of aromatic nitrogens is 2. The summed E-state index contributed by atoms with van der Waals surface area (Å²) in [6.07, 6.45) is -2.01. The molecule has 3 N–H and O–H groups in total. The molecule has 38 heavy (non-hydrogen) atoms. The van der Waals surface area contributed by atoms with Gasteiger partial charge in [-0.25, -0.2) is 9.78 Å². The van der Waals surface area contributed by atoms with Crippen LogP contribution in [0.2, 0.25) is 0 Å². The number of methoxy groups -OCH3 is 1. The quantitative estimate of drug-likeness (QED) is 0.203. The minimum absolute atomic E-state index is 0.0176. The lowest BCUT2D eigenvalue weighted by molar-refractivity contribution is -0.189. The smallest absolute Gasteiger partial charge is 0.491 e. The molecular weight excluding hydrogens is 507 g/mol. The fourth-order valence-corrected chi connectivity index (χ4v) is 3.31. The van der Waals surface area contributed by atoms with Gasteiger partial charge in [0.2, 0.25) is 0 Å². The fraction of sp³-hybridized carbons (Fsp3) is 0.280. The zero-order valence-electron chi connectivity index (χ0n) is 20.8. The lowest BCUT2D eigenvalue weighted by atomic mass is 10.1. The number of rotatable bonds is 10. The van der Waals surface area contributed by atoms with E-state index in [-0.39, 0.29) is 35.1 Å². The van der Waals surface area contributed by atoms with Crippen molar-refractivity contribution in [3.05, 3.63) is 54.4 Å². The molecule has 0 unspecified atom stereocenters. The monoisotopic (exact) mass is 533 g/mol. The lowest BCUT2D eigenvalue weighted by Gasteiger charge is -2.19. The first kappa shape index (κ1) is 28.2. The van der Waals surface area contributed by atoms with Crippen LogP contribution in [0.1, 0.15) is 16.8 Å². The summed E-state index contributed by atoms with van der Waals surface area (Å²) in [5.41, 5.74) is 0.416. The second-order valence-electron chi connectivity index (χ2n) is 8.28. The number of amides is 1. The molecule has 3 rings (SSSR count). The van der Waals surface area contributed by atoms with E-state index in [0.717, 1.165) is 0 Å². The molecule has 13 heteroatoms. The minimum atomic E-state index is -5.32. The molecule has 0 radical (unpaired) electrons. The molecule has 10 nitrogen and oxygen atoms in total. The van der Waals surface area contributed by atoms with Crippen molar-refractivity contribution in [1.82, 2.24) is 20.2 Å². The molecule has 0 aliphatic heterocycles. The van der Waals surface area contributed by atoms with Gasteiger partial charge in [0.15, 0.2) is 5.75 Å². The molecule has 1 aromatic heterocycles. The summed E-state index contributed by atoms with van der Waals surface area (Å²) >= 11 is 0. The third-order valence-corrected chi connectivity index (χ3v) is 5.13. The summed E-state index contributed by atoms with van der Waals surface area (Å²) in [5.74, 6) is -3.86. The van der Waals surface area contributed by atoms with Crippen molar-refractivity contribution in [3.63, 3.8) is 0 Å². The highest BCUT2D eigenvalue weighted by atomic mass is 19.4. The van der Waals surface area contributed by atoms with Gasteiger partial charge in [-0.1, -0.05) is 0 Å². The maximum Gasteiger partial charge on any atom is 0.491 e. The van der Waals surface area contributed by atoms with E-state index in [1.54, 1.807) is 12.1 Å². The number of carbonyl (C=O) groups is 2. The number of esters is 1. The molecule has 0 saturated carbocycles. The summed E-state index contributed by atoms with van der Waals surface area (Å²) in [6, 6.07) is 8.65. The Morgan fingerprint density at radius 2 is 1.79 bits per heavy atom. The standard InChI is InChI=1S/C25H26F3N5O5/c1-33(2)12-4-11-30-23(35)17-9-10-19(37-3)21(22(17)38-24(36)25(26,27)28)32-20-14-29-13-18(31-20)15-5-7-16(34)8-6-15/h5-10,13-14,34H,4,11-12H2,1-3H3,(H,30,35)(H,31,32). The highest BCUT2D eigenvalue weighted by Crippen LogP contribution is 2.40. The number of alkyl halides is 3. The van der Waals surface area contributed by atoms with Crippen molar-refractivity contribution < 1.29 is 37.3 Å². The van der Waals surface area contributed by atoms with Crippen LogP contribution in [0.15, 0.2) is 48.8 Å². The van der Waals surface area contributed by atoms with E-state index in [1.807, 2.05) is 19.0 Å². The molecular formula is C25H26F3N5O5. The first-order valence-electron chi connectivity index (χ1n) is 11.3. The molecule has 1 amide bonds. The Hall–Kier alpha value is -4.39. The highest BCUT2D eigenvalue weighted by molar-refractivity contribution is 6.01. The van der Waals surface area contributed by atoms with E-state index in [2.05, 4.69) is 20.6 Å². The molecule has 3 aromatic rings. The number of halogens is 3. The van der Waals surface area contributed by atoms with Crippen LogP contribution < -0.4 is 20.1 Å². The van der Waals surface area contributed by atoms with Crippen molar-refractivity contribution in [2.75, 3.05) is 39.6 Å². The van der Waals surface area contributed by atoms with E-state index in [0.29, 0.717) is 24.2 Å². The summed E-state index contributed by atoms with van der Waals surface area (Å²) in [4.78, 5) is 35.1. The number of hydrogen-bond acceptors (Lipinski definition) is 9. The molecule has 0 aliphatic rings. The number of aromatic hydroxyl groups is 1. The lowest BCUT2D eigenvalue weighted by Crippen LogP contribution is -2.31. The van der Waals surface area contributed by atoms with Crippen molar-refractivity contribution in [1.29, 1.82) is 0 Å². The van der Waals surface area contributed by atoms with Crippen LogP contribution in [0.25, 0.3) is 11.3 Å². The Morgan fingerprint density at radius 1 is 1.08 bits per heavy atom. The molecule has 0 bridgehead atoms. The average Bonchev–Trinajstić information content (AvgIpc) is 2.87. The van der Waals surface area contributed by atoms with E-state index < -0.39 is 23.8 Å². The maximum atomic E-state index is 13.1. The van der Waals surface area contributed by atoms with Crippen molar-refractivity contribution >= 4 is 23.4 Å². The number of anilines is 2. The summed E-state index contributed by atoms with van der Waals surface area (Å²) in [5, 5.41) is 14.9. The van der Waals surface area contributed by atoms with Gasteiger partial charge in [0, 0.05) is 12.1 Å². The number of phenols is 1. The largest absolute Gasteiger partial charge is 0.508 e. The van der Waals surface area contributed by atoms with Crippen molar-refractivity contribution in [3.8, 4) is 28.5 Å². The number of hydrogen-bond donors (Lipinski definition) is 3. The number of nitrogens with zero attached hydrogens (tertiary/aromatic N) is 3. The van der Waals surface area contributed by atoms with Crippen LogP contribution in [-0.2, 0) is 4.79 Å². The SMILES string of the molecule is COc1ccc(C(=O)NCCCN(C)C)c(OC(=O)C(F)(F)F)c1Nc1cncc(-c2ccc(O)cc2)n1. The molecule has 1 heterocycles. The normalized spacial score (nSPS) is 11.2. The van der Waals surface area contributed by atoms with E-state index in [4.69, 9.17) is 9.47 Å². The number of carbonyl (C=O) groups excluding carboxylic acids is 2. The van der Waals surface area contributed by atoms with Gasteiger partial charge in [0.1, 0.15) is 23.0 Å². The van der Waals surface area contributed by atoms with Gasteiger partial charge in [0.25, 0.3) is 5.91 Å². The van der Waals surface area contributed by atoms with Crippen LogP contribution in [0, 0.1) is 0 Å². The van der Waals surface area contributed by atoms with Crippen molar-refractivity contribution in [2.24, 2.45) is 0 Å². The predicted molar refractivity (Wildman–Crippen MR) is 133 cm³/mol. The van der Waals surface area contributed by atoms with Gasteiger partial charge in [-0.15, -0.1) is 0 Å². The number of nitrogens with one attached hydrogen (secondary N) is 2. The molecule has 2 aromatic carbocycles. The van der Waals surface area contributed by atoms with Gasteiger partial charge in [-0.05, 0) is 63.5 Å². The third kappa shape index (κ3) is 7.32. The van der Waals surface area contributed by atoms with Gasteiger partial charge in [0.05, 0.1) is 30.8 Å². The second kappa shape index (κ2) is 12.2. The van der Waals surface area contributed by atoms with Crippen LogP contribution in [-0.4, -0.2) is 72.3 Å². The van der Waals surface area contributed by atoms with Crippen LogP contribution >= 0.6 is 0 Å². The summed E-state index contributed by atoms with van der Waals surface area (Å²) in [7, 11) is 4.98. The van der Waals surface area contributed by atoms with E-state index in [9.17, 15) is 27.9 Å². The van der Waals surface area contributed by atoms with Crippen LogP contribution in [0.3, 0.4) is 0 Å². The summed E-state index contributed by atoms with van der Waals surface area (Å²) < 4.78 is 49.4. The van der Waals surface area contributed by atoms with Gasteiger partial charge in [-0.2, -0.15) is 13.2 Å². The second-order valence-corrected chi connectivity index (χ2v) is 8.28. The minimum Gasteiger partial charge on any atom is -0.508 e. The van der Waals surface area contributed by atoms with Crippen molar-refractivity contribution in [2.45, 2.75) is 12.6 Å². The Morgan fingerprint density at radius 3 is 2.42 bits per heavy atom. The maximum absolute atomic E-state index is 13.1. The molecule has 0 spiro atoms.